The molecule has 8 nitrogen and oxygen atoms in total. The van der Waals surface area contributed by atoms with E-state index in [0.717, 1.165) is 44.2 Å². The van der Waals surface area contributed by atoms with Gasteiger partial charge in [0.1, 0.15) is 5.54 Å². The van der Waals surface area contributed by atoms with Crippen molar-refractivity contribution >= 4 is 17.3 Å². The van der Waals surface area contributed by atoms with E-state index in [9.17, 15) is 20.2 Å². The van der Waals surface area contributed by atoms with Crippen molar-refractivity contribution in [2.24, 2.45) is 0 Å². The second kappa shape index (κ2) is 9.02. The first-order chi connectivity index (χ1) is 13.5. The molecule has 1 saturated heterocycles. The van der Waals surface area contributed by atoms with Gasteiger partial charge in [-0.1, -0.05) is 31.7 Å². The summed E-state index contributed by atoms with van der Waals surface area (Å²) in [5.41, 5.74) is 0.211. The molecule has 0 aromatic heterocycles. The Hall–Kier alpha value is -2.66. The van der Waals surface area contributed by atoms with E-state index in [-0.39, 0.29) is 23.1 Å². The second-order valence-corrected chi connectivity index (χ2v) is 7.70. The summed E-state index contributed by atoms with van der Waals surface area (Å²) in [7, 11) is 0. The number of nitro groups is 1. The van der Waals surface area contributed by atoms with Crippen molar-refractivity contribution in [1.82, 2.24) is 10.2 Å². The van der Waals surface area contributed by atoms with Gasteiger partial charge in [0.25, 0.3) is 5.69 Å². The Labute approximate surface area is 165 Å². The summed E-state index contributed by atoms with van der Waals surface area (Å²) < 4.78 is 0. The van der Waals surface area contributed by atoms with Crippen LogP contribution in [0.1, 0.15) is 38.5 Å². The number of hydrogen-bond acceptors (Lipinski definition) is 6. The van der Waals surface area contributed by atoms with Crippen molar-refractivity contribution < 1.29 is 9.72 Å². The maximum atomic E-state index is 12.5. The van der Waals surface area contributed by atoms with Gasteiger partial charge in [-0.3, -0.25) is 19.8 Å². The summed E-state index contributed by atoms with van der Waals surface area (Å²) in [5, 5.41) is 23.6. The van der Waals surface area contributed by atoms with Crippen LogP contribution in [0.3, 0.4) is 0 Å². The fourth-order valence-electron chi connectivity index (χ4n) is 4.07. The van der Waals surface area contributed by atoms with E-state index >= 15 is 0 Å². The molecule has 1 aromatic rings. The molecule has 1 aromatic carbocycles. The highest BCUT2D eigenvalue weighted by Gasteiger charge is 2.33. The molecule has 2 fully saturated rings. The Morgan fingerprint density at radius 1 is 1.18 bits per heavy atom. The standard InChI is InChI=1S/C20H27N5O3/c21-16-20(8-3-1-2-4-9-20)22-19(26)15-23-10-12-24(13-11-23)17-6-5-7-18(14-17)25(27)28/h5-7,14H,1-4,8-13,15H2,(H,22,26). The van der Waals surface area contributed by atoms with Crippen LogP contribution in [-0.4, -0.2) is 54.0 Å². The quantitative estimate of drug-likeness (QED) is 0.474. The molecule has 2 aliphatic rings. The van der Waals surface area contributed by atoms with Crippen molar-refractivity contribution in [3.63, 3.8) is 0 Å². The molecular formula is C20H27N5O3. The van der Waals surface area contributed by atoms with Crippen LogP contribution in [-0.2, 0) is 4.79 Å². The summed E-state index contributed by atoms with van der Waals surface area (Å²) >= 11 is 0. The minimum atomic E-state index is -0.710. The van der Waals surface area contributed by atoms with Crippen LogP contribution in [0, 0.1) is 21.4 Å². The maximum absolute atomic E-state index is 12.5. The normalized spacial score (nSPS) is 20.0. The van der Waals surface area contributed by atoms with Gasteiger partial charge in [-0.25, -0.2) is 0 Å². The number of nitrogens with one attached hydrogen (secondary N) is 1. The van der Waals surface area contributed by atoms with Crippen LogP contribution in [0.4, 0.5) is 11.4 Å². The molecular weight excluding hydrogens is 358 g/mol. The van der Waals surface area contributed by atoms with E-state index in [4.69, 9.17) is 0 Å². The van der Waals surface area contributed by atoms with Crippen LogP contribution in [0.5, 0.6) is 0 Å². The highest BCUT2D eigenvalue weighted by molar-refractivity contribution is 5.79. The zero-order valence-corrected chi connectivity index (χ0v) is 16.1. The first-order valence-electron chi connectivity index (χ1n) is 9.95. The monoisotopic (exact) mass is 385 g/mol. The number of anilines is 1. The van der Waals surface area contributed by atoms with Crippen molar-refractivity contribution in [3.05, 3.63) is 34.4 Å². The van der Waals surface area contributed by atoms with Crippen LogP contribution in [0.15, 0.2) is 24.3 Å². The van der Waals surface area contributed by atoms with Crippen LogP contribution in [0.25, 0.3) is 0 Å². The topological polar surface area (TPSA) is 103 Å². The fraction of sp³-hybridized carbons (Fsp3) is 0.600. The van der Waals surface area contributed by atoms with E-state index in [1.54, 1.807) is 12.1 Å². The van der Waals surface area contributed by atoms with Crippen LogP contribution < -0.4 is 10.2 Å². The number of nitriles is 1. The molecule has 0 unspecified atom stereocenters. The molecule has 1 aliphatic carbocycles. The lowest BCUT2D eigenvalue weighted by Crippen LogP contribution is -2.53. The highest BCUT2D eigenvalue weighted by Crippen LogP contribution is 2.26. The van der Waals surface area contributed by atoms with Gasteiger partial charge >= 0.3 is 0 Å². The smallest absolute Gasteiger partial charge is 0.271 e. The third-order valence-corrected chi connectivity index (χ3v) is 5.70. The SMILES string of the molecule is N#CC1(NC(=O)CN2CCN(c3cccc([N+](=O)[O-])c3)CC2)CCCCCC1. The minimum Gasteiger partial charge on any atom is -0.369 e. The van der Waals surface area contributed by atoms with Gasteiger partial charge in [-0.15, -0.1) is 0 Å². The van der Waals surface area contributed by atoms with Gasteiger partial charge in [0.2, 0.25) is 5.91 Å². The molecule has 3 rings (SSSR count). The molecule has 28 heavy (non-hydrogen) atoms. The molecule has 1 aliphatic heterocycles. The van der Waals surface area contributed by atoms with Gasteiger partial charge in [-0.2, -0.15) is 5.26 Å². The first-order valence-corrected chi connectivity index (χ1v) is 9.95. The number of nitro benzene ring substituents is 1. The largest absolute Gasteiger partial charge is 0.369 e. The van der Waals surface area contributed by atoms with Crippen LogP contribution >= 0.6 is 0 Å². The molecule has 0 bridgehead atoms. The molecule has 1 heterocycles. The van der Waals surface area contributed by atoms with Crippen molar-refractivity contribution in [3.8, 4) is 6.07 Å². The Balaban J connectivity index is 1.51. The number of hydrogen-bond donors (Lipinski definition) is 1. The van der Waals surface area contributed by atoms with Crippen molar-refractivity contribution in [2.75, 3.05) is 37.6 Å². The lowest BCUT2D eigenvalue weighted by atomic mass is 9.92. The molecule has 0 radical (unpaired) electrons. The average molecular weight is 385 g/mol. The van der Waals surface area contributed by atoms with Crippen LogP contribution in [0.2, 0.25) is 0 Å². The third kappa shape index (κ3) is 4.98. The zero-order valence-electron chi connectivity index (χ0n) is 16.1. The van der Waals surface area contributed by atoms with Crippen molar-refractivity contribution in [1.29, 1.82) is 5.26 Å². The predicted molar refractivity (Wildman–Crippen MR) is 106 cm³/mol. The number of non-ortho nitro benzene ring substituents is 1. The van der Waals surface area contributed by atoms with Gasteiger partial charge in [0, 0.05) is 44.0 Å². The summed E-state index contributed by atoms with van der Waals surface area (Å²) in [5.74, 6) is -0.0905. The minimum absolute atomic E-state index is 0.0875. The van der Waals surface area contributed by atoms with E-state index in [2.05, 4.69) is 21.2 Å². The highest BCUT2D eigenvalue weighted by atomic mass is 16.6. The van der Waals surface area contributed by atoms with E-state index in [1.165, 1.54) is 6.07 Å². The average Bonchev–Trinajstić information content (AvgIpc) is 2.94. The molecule has 150 valence electrons. The maximum Gasteiger partial charge on any atom is 0.271 e. The number of carbonyl (C=O) groups is 1. The first kappa shape index (κ1) is 20.1. The van der Waals surface area contributed by atoms with Gasteiger partial charge < -0.3 is 10.2 Å². The lowest BCUT2D eigenvalue weighted by molar-refractivity contribution is -0.384. The third-order valence-electron chi connectivity index (χ3n) is 5.70. The molecule has 1 N–H and O–H groups in total. The Morgan fingerprint density at radius 2 is 1.86 bits per heavy atom. The summed E-state index contributed by atoms with van der Waals surface area (Å²) in [4.78, 5) is 27.3. The number of carbonyl (C=O) groups excluding carboxylic acids is 1. The molecule has 0 atom stereocenters. The van der Waals surface area contributed by atoms with Crippen molar-refractivity contribution in [2.45, 2.75) is 44.1 Å². The predicted octanol–water partition coefficient (Wildman–Crippen LogP) is 2.45. The molecule has 1 saturated carbocycles. The van der Waals surface area contributed by atoms with E-state index < -0.39 is 5.54 Å². The Kier molecular flexibility index (Phi) is 6.47. The molecule has 0 spiro atoms. The van der Waals surface area contributed by atoms with Gasteiger partial charge in [0.05, 0.1) is 17.5 Å². The fourth-order valence-corrected chi connectivity index (χ4v) is 4.07. The van der Waals surface area contributed by atoms with E-state index in [1.807, 2.05) is 6.07 Å². The zero-order chi connectivity index (χ0) is 20.0. The summed E-state index contributed by atoms with van der Waals surface area (Å²) in [6.45, 7) is 3.10. The lowest BCUT2D eigenvalue weighted by Gasteiger charge is -2.36. The van der Waals surface area contributed by atoms with E-state index in [0.29, 0.717) is 26.2 Å². The number of piperazine rings is 1. The number of benzene rings is 1. The Morgan fingerprint density at radius 3 is 2.46 bits per heavy atom. The number of nitrogens with zero attached hydrogens (tertiary/aromatic N) is 4. The Bertz CT molecular complexity index is 744. The second-order valence-electron chi connectivity index (χ2n) is 7.70. The summed E-state index contributed by atoms with van der Waals surface area (Å²) in [6.07, 6.45) is 5.68. The molecule has 1 amide bonds. The van der Waals surface area contributed by atoms with Gasteiger partial charge in [0.15, 0.2) is 0 Å². The summed E-state index contributed by atoms with van der Waals surface area (Å²) in [6, 6.07) is 9.00. The number of rotatable bonds is 5. The molecule has 8 heteroatoms. The van der Waals surface area contributed by atoms with Gasteiger partial charge in [-0.05, 0) is 18.9 Å². The number of amides is 1.